The second-order valence-corrected chi connectivity index (χ2v) is 6.69. The lowest BCUT2D eigenvalue weighted by atomic mass is 10.1. The van der Waals surface area contributed by atoms with Crippen LogP contribution < -0.4 is 5.32 Å². The van der Waals surface area contributed by atoms with Gasteiger partial charge in [0.1, 0.15) is 0 Å². The summed E-state index contributed by atoms with van der Waals surface area (Å²) < 4.78 is 13.2. The number of hydrogen-bond acceptors (Lipinski definition) is 3. The summed E-state index contributed by atoms with van der Waals surface area (Å²) in [5, 5.41) is 13.9. The number of carbonyl (C=O) groups excluding carboxylic acids is 1. The molecule has 0 aliphatic rings. The molecule has 1 atom stereocenters. The summed E-state index contributed by atoms with van der Waals surface area (Å²) in [4.78, 5) is 13.1. The number of rotatable bonds is 4. The zero-order valence-corrected chi connectivity index (χ0v) is 14.0. The predicted octanol–water partition coefficient (Wildman–Crippen LogP) is 2.86. The Morgan fingerprint density at radius 3 is 2.38 bits per heavy atom. The molecule has 0 bridgehead atoms. The van der Waals surface area contributed by atoms with Gasteiger partial charge in [0.05, 0.1) is 32.8 Å². The molecule has 0 aromatic heterocycles. The van der Waals surface area contributed by atoms with Gasteiger partial charge in [-0.2, -0.15) is 0 Å². The molecule has 5 heteroatoms. The van der Waals surface area contributed by atoms with Gasteiger partial charge in [0.15, 0.2) is 0 Å². The maximum absolute atomic E-state index is 13.2. The molecule has 3 aromatic carbocycles. The van der Waals surface area contributed by atoms with Crippen LogP contribution in [0.2, 0.25) is 0 Å². The molecule has 4 nitrogen and oxygen atoms in total. The fraction of sp³-hybridized carbons (Fsp3) is 0.105. The first-order chi connectivity index (χ1) is 11.7. The van der Waals surface area contributed by atoms with E-state index >= 15 is 0 Å². The van der Waals surface area contributed by atoms with E-state index in [0.717, 1.165) is 10.8 Å². The van der Waals surface area contributed by atoms with E-state index in [0.29, 0.717) is 20.9 Å². The normalized spacial score (nSPS) is 12.1. The molecule has 0 aliphatic heterocycles. The van der Waals surface area contributed by atoms with Crippen molar-refractivity contribution in [2.75, 3.05) is 7.05 Å². The minimum absolute atomic E-state index is 0.136. The van der Waals surface area contributed by atoms with Gasteiger partial charge in [0.25, 0.3) is 5.91 Å². The number of carbonyl (C=O) groups is 1. The van der Waals surface area contributed by atoms with Crippen LogP contribution >= 0.6 is 0 Å². The molecule has 0 spiro atoms. The maximum atomic E-state index is 13.2. The van der Waals surface area contributed by atoms with Gasteiger partial charge in [-0.05, 0) is 29.1 Å². The van der Waals surface area contributed by atoms with Crippen LogP contribution in [-0.2, 0) is 17.4 Å². The van der Waals surface area contributed by atoms with E-state index < -0.39 is 10.8 Å². The van der Waals surface area contributed by atoms with Gasteiger partial charge in [-0.15, -0.1) is 0 Å². The predicted molar refractivity (Wildman–Crippen MR) is 94.4 cm³/mol. The van der Waals surface area contributed by atoms with Crippen LogP contribution in [0.4, 0.5) is 0 Å². The zero-order chi connectivity index (χ0) is 17.1. The Bertz CT molecular complexity index is 932. The highest BCUT2D eigenvalue weighted by Gasteiger charge is 2.18. The molecule has 0 fully saturated rings. The quantitative estimate of drug-likeness (QED) is 0.768. The molecule has 0 heterocycles. The van der Waals surface area contributed by atoms with Gasteiger partial charge >= 0.3 is 0 Å². The standard InChI is InChI=1S/C19H17NO3S/c1-20-19(22)15-9-2-3-10-16(15)24(23)17-11-5-7-13-6-4-8-14(12-21)18(13)17/h2-11,21H,12H2,1H3,(H,20,22). The molecule has 1 unspecified atom stereocenters. The van der Waals surface area contributed by atoms with E-state index in [9.17, 15) is 14.1 Å². The van der Waals surface area contributed by atoms with Gasteiger partial charge in [0, 0.05) is 12.4 Å². The minimum atomic E-state index is -1.54. The van der Waals surface area contributed by atoms with Crippen molar-refractivity contribution >= 4 is 27.5 Å². The van der Waals surface area contributed by atoms with E-state index in [-0.39, 0.29) is 12.5 Å². The molecule has 3 aromatic rings. The molecular weight excluding hydrogens is 322 g/mol. The smallest absolute Gasteiger partial charge is 0.252 e. The monoisotopic (exact) mass is 339 g/mol. The van der Waals surface area contributed by atoms with Crippen LogP contribution in [0.5, 0.6) is 0 Å². The summed E-state index contributed by atoms with van der Waals surface area (Å²) >= 11 is 0. The van der Waals surface area contributed by atoms with Crippen LogP contribution in [-0.4, -0.2) is 22.3 Å². The topological polar surface area (TPSA) is 66.4 Å². The number of aliphatic hydroxyl groups is 1. The average Bonchev–Trinajstić information content (AvgIpc) is 2.65. The average molecular weight is 339 g/mol. The second-order valence-electron chi connectivity index (χ2n) is 5.27. The fourth-order valence-electron chi connectivity index (χ4n) is 2.74. The van der Waals surface area contributed by atoms with Crippen molar-refractivity contribution in [1.29, 1.82) is 0 Å². The molecule has 122 valence electrons. The van der Waals surface area contributed by atoms with E-state index in [1.807, 2.05) is 30.3 Å². The highest BCUT2D eigenvalue weighted by Crippen LogP contribution is 2.29. The van der Waals surface area contributed by atoms with Crippen LogP contribution in [0.15, 0.2) is 70.5 Å². The Labute approximate surface area is 142 Å². The summed E-state index contributed by atoms with van der Waals surface area (Å²) in [5.74, 6) is -0.276. The van der Waals surface area contributed by atoms with Crippen molar-refractivity contribution in [2.24, 2.45) is 0 Å². The van der Waals surface area contributed by atoms with Crippen molar-refractivity contribution in [3.63, 3.8) is 0 Å². The Morgan fingerprint density at radius 1 is 1.00 bits per heavy atom. The van der Waals surface area contributed by atoms with Gasteiger partial charge in [-0.25, -0.2) is 4.21 Å². The first-order valence-corrected chi connectivity index (χ1v) is 8.66. The summed E-state index contributed by atoms with van der Waals surface area (Å²) in [7, 11) is 0.00653. The van der Waals surface area contributed by atoms with E-state index in [2.05, 4.69) is 5.32 Å². The lowest BCUT2D eigenvalue weighted by Crippen LogP contribution is -2.19. The third-order valence-electron chi connectivity index (χ3n) is 3.88. The molecule has 0 saturated carbocycles. The fourth-order valence-corrected chi connectivity index (χ4v) is 4.17. The van der Waals surface area contributed by atoms with Gasteiger partial charge in [0.2, 0.25) is 0 Å². The third kappa shape index (κ3) is 2.84. The van der Waals surface area contributed by atoms with Gasteiger partial charge in [-0.1, -0.05) is 42.5 Å². The Hall–Kier alpha value is -2.50. The number of fused-ring (bicyclic) bond motifs is 1. The molecule has 0 radical (unpaired) electrons. The van der Waals surface area contributed by atoms with Crippen molar-refractivity contribution in [3.8, 4) is 0 Å². The van der Waals surface area contributed by atoms with E-state index in [4.69, 9.17) is 0 Å². The minimum Gasteiger partial charge on any atom is -0.392 e. The molecule has 2 N–H and O–H groups in total. The van der Waals surface area contributed by atoms with Crippen LogP contribution in [0.3, 0.4) is 0 Å². The Kier molecular flexibility index (Phi) is 4.74. The van der Waals surface area contributed by atoms with Crippen LogP contribution in [0.25, 0.3) is 10.8 Å². The van der Waals surface area contributed by atoms with Crippen LogP contribution in [0, 0.1) is 0 Å². The van der Waals surface area contributed by atoms with Gasteiger partial charge in [-0.3, -0.25) is 4.79 Å². The number of nitrogens with one attached hydrogen (secondary N) is 1. The second kappa shape index (κ2) is 6.95. The lowest BCUT2D eigenvalue weighted by molar-refractivity contribution is 0.0960. The number of amides is 1. The van der Waals surface area contributed by atoms with Crippen molar-refractivity contribution in [3.05, 3.63) is 71.8 Å². The SMILES string of the molecule is CNC(=O)c1ccccc1S(=O)c1cccc2cccc(CO)c12. The van der Waals surface area contributed by atoms with Crippen molar-refractivity contribution in [2.45, 2.75) is 16.4 Å². The largest absolute Gasteiger partial charge is 0.392 e. The highest BCUT2D eigenvalue weighted by atomic mass is 32.2. The Morgan fingerprint density at radius 2 is 1.67 bits per heavy atom. The highest BCUT2D eigenvalue weighted by molar-refractivity contribution is 7.85. The number of aliphatic hydroxyl groups excluding tert-OH is 1. The first kappa shape index (κ1) is 16.4. The molecule has 1 amide bonds. The maximum Gasteiger partial charge on any atom is 0.252 e. The molecule has 0 aliphatic carbocycles. The van der Waals surface area contributed by atoms with Crippen molar-refractivity contribution in [1.82, 2.24) is 5.32 Å². The molecule has 24 heavy (non-hydrogen) atoms. The summed E-state index contributed by atoms with van der Waals surface area (Å²) in [5.41, 5.74) is 1.10. The number of hydrogen-bond donors (Lipinski definition) is 2. The molecule has 3 rings (SSSR count). The van der Waals surface area contributed by atoms with Crippen LogP contribution in [0.1, 0.15) is 15.9 Å². The third-order valence-corrected chi connectivity index (χ3v) is 5.38. The van der Waals surface area contributed by atoms with E-state index in [1.165, 1.54) is 0 Å². The first-order valence-electron chi connectivity index (χ1n) is 7.51. The summed E-state index contributed by atoms with van der Waals surface area (Å²) in [6.45, 7) is -0.136. The van der Waals surface area contributed by atoms with E-state index in [1.54, 1.807) is 37.4 Å². The van der Waals surface area contributed by atoms with Crippen molar-refractivity contribution < 1.29 is 14.1 Å². The lowest BCUT2D eigenvalue weighted by Gasteiger charge is -2.12. The summed E-state index contributed by atoms with van der Waals surface area (Å²) in [6, 6.07) is 18.0. The van der Waals surface area contributed by atoms with Gasteiger partial charge < -0.3 is 10.4 Å². The number of benzene rings is 3. The Balaban J connectivity index is 2.23. The molecular formula is C19H17NO3S. The molecule has 0 saturated heterocycles. The zero-order valence-electron chi connectivity index (χ0n) is 13.2. The summed E-state index contributed by atoms with van der Waals surface area (Å²) in [6.07, 6.45) is 0.